The van der Waals surface area contributed by atoms with Gasteiger partial charge in [-0.05, 0) is 13.8 Å². The summed E-state index contributed by atoms with van der Waals surface area (Å²) < 4.78 is 14.9. The van der Waals surface area contributed by atoms with Crippen molar-refractivity contribution in [2.75, 3.05) is 13.2 Å². The van der Waals surface area contributed by atoms with Gasteiger partial charge in [-0.2, -0.15) is 9.13 Å². The van der Waals surface area contributed by atoms with Crippen LogP contribution in [0, 0.1) is 13.8 Å². The van der Waals surface area contributed by atoms with Crippen molar-refractivity contribution in [3.8, 4) is 0 Å². The first-order valence-electron chi connectivity index (χ1n) is 9.70. The number of esters is 2. The monoisotopic (exact) mass is 680 g/mol. The third kappa shape index (κ3) is 9.03. The summed E-state index contributed by atoms with van der Waals surface area (Å²) in [5.74, 6) is -0.708. The molecule has 10 heteroatoms. The Balaban J connectivity index is 0.00000420. The Bertz CT molecular complexity index is 743. The molecule has 30 heavy (non-hydrogen) atoms. The molecule has 0 fully saturated rings. The molecule has 0 aliphatic carbocycles. The fourth-order valence-electron chi connectivity index (χ4n) is 2.87. The summed E-state index contributed by atoms with van der Waals surface area (Å²) in [6, 6.07) is 0. The molecule has 0 unspecified atom stereocenters. The number of ether oxygens (including phenoxy) is 2. The maximum absolute atomic E-state index is 11.8. The molecule has 2 aromatic rings. The van der Waals surface area contributed by atoms with Crippen LogP contribution in [0.25, 0.3) is 0 Å². The Morgan fingerprint density at radius 2 is 1.17 bits per heavy atom. The number of hydrogen-bond acceptors (Lipinski definition) is 6. The predicted molar refractivity (Wildman–Crippen MR) is 108 cm³/mol. The summed E-state index contributed by atoms with van der Waals surface area (Å²) in [5.41, 5.74) is 6.61. The van der Waals surface area contributed by atoms with E-state index >= 15 is 0 Å². The van der Waals surface area contributed by atoms with Crippen LogP contribution in [0.5, 0.6) is 0 Å². The number of carbonyl (C=O) groups excluding carboxylic acids is 2. The van der Waals surface area contributed by atoms with Crippen molar-refractivity contribution >= 4 is 34.6 Å². The molecule has 0 saturated carbocycles. The molecular formula is C20H30I2N2O4S2. The van der Waals surface area contributed by atoms with Crippen molar-refractivity contribution in [1.29, 1.82) is 0 Å². The van der Waals surface area contributed by atoms with Gasteiger partial charge in [0.15, 0.2) is 11.4 Å². The Kier molecular flexibility index (Phi) is 15.3. The quantitative estimate of drug-likeness (QED) is 0.142. The number of aromatic nitrogens is 2. The molecule has 0 aliphatic heterocycles. The Hall–Kier alpha value is -0.340. The van der Waals surface area contributed by atoms with Gasteiger partial charge in [-0.3, -0.25) is 9.59 Å². The summed E-state index contributed by atoms with van der Waals surface area (Å²) in [5, 5.41) is 0. The minimum absolute atomic E-state index is 0. The molecule has 2 aromatic heterocycles. The SMILES string of the molecule is CC[n+]1csc(CCOC(=O)CCC(=O)OCCc2sc[n+](CC)c2C)c1C.[I-].[I-]. The lowest BCUT2D eigenvalue weighted by Gasteiger charge is -2.05. The van der Waals surface area contributed by atoms with E-state index in [0.717, 1.165) is 13.1 Å². The highest BCUT2D eigenvalue weighted by Gasteiger charge is 2.16. The van der Waals surface area contributed by atoms with Crippen LogP contribution in [0.15, 0.2) is 11.0 Å². The maximum atomic E-state index is 11.8. The molecule has 0 spiro atoms. The first-order chi connectivity index (χ1) is 13.5. The molecule has 0 aliphatic rings. The van der Waals surface area contributed by atoms with Crippen LogP contribution in [0.2, 0.25) is 0 Å². The van der Waals surface area contributed by atoms with Crippen LogP contribution in [0.4, 0.5) is 0 Å². The highest BCUT2D eigenvalue weighted by atomic mass is 127. The van der Waals surface area contributed by atoms with Crippen LogP contribution in [0.1, 0.15) is 47.8 Å². The smallest absolute Gasteiger partial charge is 0.306 e. The minimum atomic E-state index is -0.354. The molecule has 6 nitrogen and oxygen atoms in total. The van der Waals surface area contributed by atoms with E-state index in [1.54, 1.807) is 22.7 Å². The van der Waals surface area contributed by atoms with Gasteiger partial charge < -0.3 is 57.4 Å². The number of carbonyl (C=O) groups is 2. The molecular weight excluding hydrogens is 650 g/mol. The number of nitrogens with zero attached hydrogens (tertiary/aromatic N) is 2. The number of thiazole rings is 2. The van der Waals surface area contributed by atoms with Crippen LogP contribution in [0.3, 0.4) is 0 Å². The summed E-state index contributed by atoms with van der Waals surface area (Å²) in [6.07, 6.45) is 1.53. The fourth-order valence-corrected chi connectivity index (χ4v) is 4.97. The Morgan fingerprint density at radius 1 is 0.800 bits per heavy atom. The fraction of sp³-hybridized carbons (Fsp3) is 0.600. The predicted octanol–water partition coefficient (Wildman–Crippen LogP) is -3.30. The number of rotatable bonds is 11. The molecule has 0 amide bonds. The topological polar surface area (TPSA) is 60.4 Å². The lowest BCUT2D eigenvalue weighted by atomic mass is 10.3. The lowest BCUT2D eigenvalue weighted by molar-refractivity contribution is -0.695. The van der Waals surface area contributed by atoms with Gasteiger partial charge in [0.1, 0.15) is 13.1 Å². The van der Waals surface area contributed by atoms with Gasteiger partial charge in [0.05, 0.1) is 35.8 Å². The average Bonchev–Trinajstić information content (AvgIpc) is 3.22. The molecule has 0 radical (unpaired) electrons. The van der Waals surface area contributed by atoms with Gasteiger partial charge in [-0.1, -0.05) is 22.7 Å². The van der Waals surface area contributed by atoms with Crippen molar-refractivity contribution in [2.45, 2.75) is 66.5 Å². The van der Waals surface area contributed by atoms with Crippen LogP contribution < -0.4 is 57.1 Å². The molecule has 0 N–H and O–H groups in total. The minimum Gasteiger partial charge on any atom is -1.00 e. The second kappa shape index (κ2) is 15.5. The van der Waals surface area contributed by atoms with Gasteiger partial charge in [-0.25, -0.2) is 0 Å². The van der Waals surface area contributed by atoms with E-state index in [4.69, 9.17) is 9.47 Å². The zero-order valence-electron chi connectivity index (χ0n) is 17.9. The number of hydrogen-bond donors (Lipinski definition) is 0. The standard InChI is InChI=1S/C20H30N2O4S2.2HI/c1-5-21-13-27-17(15(21)3)9-11-25-19(23)7-8-20(24)26-12-10-18-16(4)22(6-2)14-28-18;;/h13-14H,5-12H2,1-4H3;2*1H/q+2;;/p-2. The second-order valence-electron chi connectivity index (χ2n) is 6.48. The van der Waals surface area contributed by atoms with Crippen LogP contribution in [-0.4, -0.2) is 25.2 Å². The largest absolute Gasteiger partial charge is 1.00 e. The summed E-state index contributed by atoms with van der Waals surface area (Å²) in [4.78, 5) is 26.1. The summed E-state index contributed by atoms with van der Waals surface area (Å²) >= 11 is 3.36. The van der Waals surface area contributed by atoms with E-state index in [1.165, 1.54) is 21.1 Å². The average molecular weight is 680 g/mol. The van der Waals surface area contributed by atoms with E-state index in [-0.39, 0.29) is 72.7 Å². The highest BCUT2D eigenvalue weighted by Crippen LogP contribution is 2.13. The molecule has 0 aromatic carbocycles. The normalized spacial score (nSPS) is 10.1. The summed E-state index contributed by atoms with van der Waals surface area (Å²) in [7, 11) is 0. The zero-order valence-corrected chi connectivity index (χ0v) is 23.9. The van der Waals surface area contributed by atoms with E-state index in [0.29, 0.717) is 26.1 Å². The first-order valence-corrected chi connectivity index (χ1v) is 11.5. The molecule has 2 rings (SSSR count). The van der Waals surface area contributed by atoms with Crippen molar-refractivity contribution in [2.24, 2.45) is 0 Å². The van der Waals surface area contributed by atoms with E-state index in [2.05, 4.69) is 47.9 Å². The van der Waals surface area contributed by atoms with Gasteiger partial charge in [-0.15, -0.1) is 0 Å². The van der Waals surface area contributed by atoms with Gasteiger partial charge in [0.25, 0.3) is 0 Å². The van der Waals surface area contributed by atoms with Crippen molar-refractivity contribution in [1.82, 2.24) is 0 Å². The van der Waals surface area contributed by atoms with E-state index in [9.17, 15) is 9.59 Å². The first kappa shape index (κ1) is 29.7. The molecule has 0 atom stereocenters. The van der Waals surface area contributed by atoms with Crippen LogP contribution >= 0.6 is 22.7 Å². The molecule has 170 valence electrons. The maximum Gasteiger partial charge on any atom is 0.306 e. The molecule has 0 bridgehead atoms. The third-order valence-electron chi connectivity index (χ3n) is 4.71. The third-order valence-corrected chi connectivity index (χ3v) is 7.00. The van der Waals surface area contributed by atoms with Gasteiger partial charge in [0, 0.05) is 26.7 Å². The second-order valence-corrected chi connectivity index (χ2v) is 8.36. The molecule has 0 saturated heterocycles. The van der Waals surface area contributed by atoms with E-state index in [1.807, 2.05) is 0 Å². The van der Waals surface area contributed by atoms with Crippen molar-refractivity contribution in [3.63, 3.8) is 0 Å². The van der Waals surface area contributed by atoms with E-state index < -0.39 is 0 Å². The highest BCUT2D eigenvalue weighted by molar-refractivity contribution is 7.09. The zero-order chi connectivity index (χ0) is 20.5. The Labute approximate surface area is 221 Å². The van der Waals surface area contributed by atoms with Gasteiger partial charge >= 0.3 is 11.9 Å². The molecule has 2 heterocycles. The Morgan fingerprint density at radius 3 is 1.47 bits per heavy atom. The summed E-state index contributed by atoms with van der Waals surface area (Å²) in [6.45, 7) is 10.9. The van der Waals surface area contributed by atoms with Gasteiger partial charge in [0.2, 0.25) is 11.0 Å². The van der Waals surface area contributed by atoms with Crippen LogP contribution in [-0.2, 0) is 45.0 Å². The number of aryl methyl sites for hydroxylation is 2. The van der Waals surface area contributed by atoms with Crippen molar-refractivity contribution < 1.29 is 76.2 Å². The number of halogens is 2. The van der Waals surface area contributed by atoms with Crippen molar-refractivity contribution in [3.05, 3.63) is 32.2 Å². The lowest BCUT2D eigenvalue weighted by Crippen LogP contribution is -3.00.